The maximum absolute atomic E-state index is 11.4. The van der Waals surface area contributed by atoms with Gasteiger partial charge in [0.25, 0.3) is 11.2 Å². The van der Waals surface area contributed by atoms with E-state index in [2.05, 4.69) is 20.2 Å². The van der Waals surface area contributed by atoms with Gasteiger partial charge in [-0.2, -0.15) is 5.11 Å². The van der Waals surface area contributed by atoms with Crippen molar-refractivity contribution >= 4 is 29.3 Å². The second-order valence-electron chi connectivity index (χ2n) is 3.43. The Morgan fingerprint density at radius 2 is 2.11 bits per heavy atom. The average Bonchev–Trinajstić information content (AvgIpc) is 2.38. The van der Waals surface area contributed by atoms with E-state index in [4.69, 9.17) is 12.2 Å². The third-order valence-corrected chi connectivity index (χ3v) is 2.33. The van der Waals surface area contributed by atoms with E-state index in [9.17, 15) is 14.9 Å². The number of rotatable bonds is 3. The van der Waals surface area contributed by atoms with Gasteiger partial charge in [-0.15, -0.1) is 5.11 Å². The molecule has 1 aromatic heterocycles. The van der Waals surface area contributed by atoms with Gasteiger partial charge in [0.05, 0.1) is 10.6 Å². The molecule has 1 aromatic carbocycles. The van der Waals surface area contributed by atoms with E-state index in [0.29, 0.717) is 0 Å². The fourth-order valence-corrected chi connectivity index (χ4v) is 1.41. The molecule has 8 nitrogen and oxygen atoms in total. The number of hydrogen-bond acceptors (Lipinski definition) is 6. The topological polar surface area (TPSA) is 117 Å². The Hall–Kier alpha value is -2.68. The molecule has 96 valence electrons. The lowest BCUT2D eigenvalue weighted by molar-refractivity contribution is -0.384. The van der Waals surface area contributed by atoms with E-state index in [1.807, 2.05) is 0 Å². The minimum absolute atomic E-state index is 0.0279. The summed E-state index contributed by atoms with van der Waals surface area (Å²) in [4.78, 5) is 26.4. The summed E-state index contributed by atoms with van der Waals surface area (Å²) in [6.45, 7) is 0. The molecule has 2 aromatic rings. The lowest BCUT2D eigenvalue weighted by Gasteiger charge is -1.93. The van der Waals surface area contributed by atoms with Crippen LogP contribution in [0.25, 0.3) is 0 Å². The molecular weight excluding hydrogens is 270 g/mol. The van der Waals surface area contributed by atoms with Crippen molar-refractivity contribution in [3.05, 3.63) is 55.7 Å². The summed E-state index contributed by atoms with van der Waals surface area (Å²) in [6, 6.07) is 5.61. The van der Waals surface area contributed by atoms with Crippen LogP contribution in [0.3, 0.4) is 0 Å². The largest absolute Gasteiger partial charge is 0.337 e. The van der Waals surface area contributed by atoms with Crippen LogP contribution < -0.4 is 5.56 Å². The average molecular weight is 277 g/mol. The van der Waals surface area contributed by atoms with Crippen molar-refractivity contribution in [3.8, 4) is 0 Å². The van der Waals surface area contributed by atoms with Gasteiger partial charge in [0, 0.05) is 18.3 Å². The second kappa shape index (κ2) is 5.31. The number of H-pyrrole nitrogens is 2. The molecule has 0 aliphatic carbocycles. The molecule has 0 spiro atoms. The van der Waals surface area contributed by atoms with E-state index in [-0.39, 0.29) is 21.8 Å². The van der Waals surface area contributed by atoms with Gasteiger partial charge in [0.1, 0.15) is 0 Å². The highest BCUT2D eigenvalue weighted by Crippen LogP contribution is 2.21. The third kappa shape index (κ3) is 3.16. The number of benzene rings is 1. The van der Waals surface area contributed by atoms with Crippen LogP contribution in [-0.2, 0) is 0 Å². The van der Waals surface area contributed by atoms with Crippen LogP contribution in [0.4, 0.5) is 17.1 Å². The Morgan fingerprint density at radius 3 is 2.79 bits per heavy atom. The van der Waals surface area contributed by atoms with Crippen LogP contribution in [0.5, 0.6) is 0 Å². The van der Waals surface area contributed by atoms with E-state index >= 15 is 0 Å². The highest BCUT2D eigenvalue weighted by Gasteiger charge is 2.05. The highest BCUT2D eigenvalue weighted by atomic mass is 32.1. The first-order valence-corrected chi connectivity index (χ1v) is 5.45. The van der Waals surface area contributed by atoms with Crippen LogP contribution in [0.2, 0.25) is 0 Å². The van der Waals surface area contributed by atoms with Gasteiger partial charge < -0.3 is 4.98 Å². The molecule has 0 fully saturated rings. The Bertz CT molecular complexity index is 764. The first kappa shape index (κ1) is 12.8. The molecule has 0 saturated heterocycles. The van der Waals surface area contributed by atoms with Crippen molar-refractivity contribution in [1.82, 2.24) is 9.97 Å². The van der Waals surface area contributed by atoms with Gasteiger partial charge in [-0.05, 0) is 18.3 Å². The van der Waals surface area contributed by atoms with E-state index in [1.54, 1.807) is 0 Å². The molecule has 0 unspecified atom stereocenters. The normalized spacial score (nSPS) is 10.7. The molecule has 0 radical (unpaired) electrons. The van der Waals surface area contributed by atoms with E-state index in [1.165, 1.54) is 30.5 Å². The molecule has 9 heteroatoms. The molecule has 2 N–H and O–H groups in total. The summed E-state index contributed by atoms with van der Waals surface area (Å²) in [7, 11) is 0. The van der Waals surface area contributed by atoms with Crippen LogP contribution in [-0.4, -0.2) is 14.9 Å². The number of non-ortho nitro benzene ring substituents is 1. The lowest BCUT2D eigenvalue weighted by Crippen LogP contribution is -2.05. The Balaban J connectivity index is 2.32. The summed E-state index contributed by atoms with van der Waals surface area (Å²) >= 11 is 4.72. The van der Waals surface area contributed by atoms with Gasteiger partial charge in [0.2, 0.25) is 0 Å². The molecule has 0 aliphatic heterocycles. The number of hydrogen-bond donors (Lipinski definition) is 2. The molecule has 2 rings (SSSR count). The van der Waals surface area contributed by atoms with Crippen molar-refractivity contribution in [2.45, 2.75) is 0 Å². The Morgan fingerprint density at radius 1 is 1.32 bits per heavy atom. The molecule has 0 saturated carbocycles. The third-order valence-electron chi connectivity index (χ3n) is 2.11. The maximum Gasteiger partial charge on any atom is 0.279 e. The SMILES string of the molecule is O=c1[nH]c(=S)[nH]cc1N=Nc1cccc([N+](=O)[O-])c1. The fraction of sp³-hybridized carbons (Fsp3) is 0. The first-order valence-electron chi connectivity index (χ1n) is 5.04. The number of nitrogens with one attached hydrogen (secondary N) is 2. The molecular formula is C10H7N5O3S. The number of nitro benzene ring substituents is 1. The number of aromatic nitrogens is 2. The van der Waals surface area contributed by atoms with Crippen molar-refractivity contribution in [2.75, 3.05) is 0 Å². The summed E-state index contributed by atoms with van der Waals surface area (Å²) in [6.07, 6.45) is 1.31. The highest BCUT2D eigenvalue weighted by molar-refractivity contribution is 7.71. The quantitative estimate of drug-likeness (QED) is 0.388. The maximum atomic E-state index is 11.4. The predicted molar refractivity (Wildman–Crippen MR) is 69.5 cm³/mol. The molecule has 0 atom stereocenters. The molecule has 19 heavy (non-hydrogen) atoms. The monoisotopic (exact) mass is 277 g/mol. The first-order chi connectivity index (χ1) is 9.06. The zero-order chi connectivity index (χ0) is 13.8. The van der Waals surface area contributed by atoms with Gasteiger partial charge in [-0.25, -0.2) is 0 Å². The zero-order valence-corrected chi connectivity index (χ0v) is 10.2. The molecule has 0 amide bonds. The summed E-state index contributed by atoms with van der Waals surface area (Å²) in [5, 5.41) is 18.0. The van der Waals surface area contributed by atoms with Crippen LogP contribution >= 0.6 is 12.2 Å². The fourth-order valence-electron chi connectivity index (χ4n) is 1.26. The molecule has 1 heterocycles. The van der Waals surface area contributed by atoms with Crippen LogP contribution in [0.1, 0.15) is 0 Å². The van der Waals surface area contributed by atoms with Crippen LogP contribution in [0, 0.1) is 14.9 Å². The van der Waals surface area contributed by atoms with Gasteiger partial charge >= 0.3 is 0 Å². The lowest BCUT2D eigenvalue weighted by atomic mass is 10.3. The van der Waals surface area contributed by atoms with Gasteiger partial charge in [0.15, 0.2) is 10.5 Å². The smallest absolute Gasteiger partial charge is 0.279 e. The Kier molecular flexibility index (Phi) is 3.57. The molecule has 0 bridgehead atoms. The minimum atomic E-state index is -0.536. The standard InChI is InChI=1S/C10H7N5O3S/c16-9-8(5-11-10(19)12-9)14-13-6-2-1-3-7(4-6)15(17)18/h1-5H,(H2,11,12,16,19). The van der Waals surface area contributed by atoms with Crippen LogP contribution in [0.15, 0.2) is 45.5 Å². The van der Waals surface area contributed by atoms with Crippen molar-refractivity contribution in [2.24, 2.45) is 10.2 Å². The zero-order valence-electron chi connectivity index (χ0n) is 9.36. The predicted octanol–water partition coefficient (Wildman–Crippen LogP) is 2.76. The number of nitro groups is 1. The van der Waals surface area contributed by atoms with Gasteiger partial charge in [-0.3, -0.25) is 19.9 Å². The van der Waals surface area contributed by atoms with Crippen molar-refractivity contribution < 1.29 is 4.92 Å². The second-order valence-corrected chi connectivity index (χ2v) is 3.84. The number of azo groups is 1. The number of nitrogens with zero attached hydrogens (tertiary/aromatic N) is 3. The summed E-state index contributed by atoms with van der Waals surface area (Å²) < 4.78 is 0.180. The van der Waals surface area contributed by atoms with Gasteiger partial charge in [-0.1, -0.05) is 6.07 Å². The summed E-state index contributed by atoms with van der Waals surface area (Å²) in [5.41, 5.74) is -0.285. The number of aromatic amines is 2. The van der Waals surface area contributed by atoms with E-state index in [0.717, 1.165) is 0 Å². The molecule has 0 aliphatic rings. The Labute approximate surface area is 111 Å². The summed E-state index contributed by atoms with van der Waals surface area (Å²) in [5.74, 6) is 0. The van der Waals surface area contributed by atoms with E-state index < -0.39 is 10.5 Å². The van der Waals surface area contributed by atoms with Crippen molar-refractivity contribution in [3.63, 3.8) is 0 Å². The van der Waals surface area contributed by atoms with Crippen molar-refractivity contribution in [1.29, 1.82) is 0 Å². The minimum Gasteiger partial charge on any atom is -0.337 e.